The fourth-order valence-corrected chi connectivity index (χ4v) is 2.79. The summed E-state index contributed by atoms with van der Waals surface area (Å²) in [5, 5.41) is 9.66. The van der Waals surface area contributed by atoms with E-state index in [2.05, 4.69) is 9.97 Å². The third-order valence-electron chi connectivity index (χ3n) is 3.49. The minimum absolute atomic E-state index is 0.216. The van der Waals surface area contributed by atoms with Crippen LogP contribution in [0.5, 0.6) is 0 Å². The molecule has 0 radical (unpaired) electrons. The van der Waals surface area contributed by atoms with Crippen LogP contribution in [0, 0.1) is 0 Å². The number of rotatable bonds is 1. The standard InChI is InChI=1S/C12H13ClN4O2/c13-10-9-7-15-11(16(9)6-4-14-10)8-3-1-2-5-17(8)12(18)19/h4,6-8H,1-3,5H2,(H,18,19). The molecule has 0 aliphatic carbocycles. The summed E-state index contributed by atoms with van der Waals surface area (Å²) in [5.74, 6) is 0.710. The van der Waals surface area contributed by atoms with Gasteiger partial charge in [0.05, 0.1) is 12.2 Å². The van der Waals surface area contributed by atoms with Crippen molar-refractivity contribution >= 4 is 23.2 Å². The third-order valence-corrected chi connectivity index (χ3v) is 3.78. The number of fused-ring (bicyclic) bond motifs is 1. The van der Waals surface area contributed by atoms with Crippen LogP contribution in [0.15, 0.2) is 18.6 Å². The van der Waals surface area contributed by atoms with Gasteiger partial charge in [0.2, 0.25) is 0 Å². The SMILES string of the molecule is O=C(O)N1CCCCC1c1ncc2c(Cl)nccn12. The molecule has 7 heteroatoms. The van der Waals surface area contributed by atoms with Crippen LogP contribution < -0.4 is 0 Å². The van der Waals surface area contributed by atoms with Gasteiger partial charge in [-0.3, -0.25) is 9.30 Å². The van der Waals surface area contributed by atoms with E-state index >= 15 is 0 Å². The smallest absolute Gasteiger partial charge is 0.407 e. The molecule has 2 aromatic heterocycles. The number of halogens is 1. The van der Waals surface area contributed by atoms with E-state index in [4.69, 9.17) is 11.6 Å². The molecule has 1 aliphatic rings. The molecule has 1 aliphatic heterocycles. The van der Waals surface area contributed by atoms with Gasteiger partial charge < -0.3 is 5.11 Å². The lowest BCUT2D eigenvalue weighted by Gasteiger charge is -2.32. The lowest BCUT2D eigenvalue weighted by molar-refractivity contribution is 0.103. The number of amides is 1. The van der Waals surface area contributed by atoms with Crippen molar-refractivity contribution in [3.8, 4) is 0 Å². The topological polar surface area (TPSA) is 70.7 Å². The highest BCUT2D eigenvalue weighted by Gasteiger charge is 2.30. The predicted molar refractivity (Wildman–Crippen MR) is 69.3 cm³/mol. The van der Waals surface area contributed by atoms with Crippen molar-refractivity contribution in [3.05, 3.63) is 29.6 Å². The number of carbonyl (C=O) groups is 1. The molecule has 0 spiro atoms. The molecule has 3 heterocycles. The lowest BCUT2D eigenvalue weighted by Crippen LogP contribution is -2.38. The maximum Gasteiger partial charge on any atom is 0.407 e. The van der Waals surface area contributed by atoms with Gasteiger partial charge in [-0.25, -0.2) is 14.8 Å². The van der Waals surface area contributed by atoms with Crippen LogP contribution in [-0.4, -0.2) is 37.0 Å². The van der Waals surface area contributed by atoms with Crippen LogP contribution in [-0.2, 0) is 0 Å². The van der Waals surface area contributed by atoms with Crippen molar-refractivity contribution in [2.45, 2.75) is 25.3 Å². The Balaban J connectivity index is 2.07. The molecule has 1 N–H and O–H groups in total. The van der Waals surface area contributed by atoms with Gasteiger partial charge in [0.25, 0.3) is 0 Å². The van der Waals surface area contributed by atoms with Crippen LogP contribution >= 0.6 is 11.6 Å². The molecule has 0 bridgehead atoms. The van der Waals surface area contributed by atoms with Crippen molar-refractivity contribution < 1.29 is 9.90 Å². The summed E-state index contributed by atoms with van der Waals surface area (Å²) in [6.45, 7) is 0.549. The van der Waals surface area contributed by atoms with Crippen LogP contribution in [0.1, 0.15) is 31.1 Å². The highest BCUT2D eigenvalue weighted by Crippen LogP contribution is 2.31. The van der Waals surface area contributed by atoms with Crippen molar-refractivity contribution in [1.29, 1.82) is 0 Å². The van der Waals surface area contributed by atoms with Crippen LogP contribution in [0.4, 0.5) is 4.79 Å². The molecular weight excluding hydrogens is 268 g/mol. The number of carboxylic acid groups (broad SMARTS) is 1. The van der Waals surface area contributed by atoms with E-state index in [1.807, 2.05) is 4.40 Å². The van der Waals surface area contributed by atoms with E-state index < -0.39 is 6.09 Å². The molecule has 1 saturated heterocycles. The Bertz CT molecular complexity index is 627. The molecule has 2 aromatic rings. The highest BCUT2D eigenvalue weighted by molar-refractivity contribution is 6.32. The Hall–Kier alpha value is -1.82. The van der Waals surface area contributed by atoms with E-state index in [1.54, 1.807) is 18.6 Å². The number of hydrogen-bond acceptors (Lipinski definition) is 3. The van der Waals surface area contributed by atoms with Gasteiger partial charge in [-0.15, -0.1) is 0 Å². The second-order valence-electron chi connectivity index (χ2n) is 4.58. The van der Waals surface area contributed by atoms with Gasteiger partial charge in [0, 0.05) is 18.9 Å². The highest BCUT2D eigenvalue weighted by atomic mass is 35.5. The summed E-state index contributed by atoms with van der Waals surface area (Å²) in [7, 11) is 0. The van der Waals surface area contributed by atoms with Crippen molar-refractivity contribution in [2.75, 3.05) is 6.54 Å². The minimum atomic E-state index is -0.901. The molecule has 1 amide bonds. The fraction of sp³-hybridized carbons (Fsp3) is 0.417. The first-order valence-corrected chi connectivity index (χ1v) is 6.53. The molecular formula is C12H13ClN4O2. The Kier molecular flexibility index (Phi) is 3.02. The van der Waals surface area contributed by atoms with Crippen molar-refractivity contribution in [3.63, 3.8) is 0 Å². The Morgan fingerprint density at radius 2 is 2.26 bits per heavy atom. The van der Waals surface area contributed by atoms with E-state index in [0.717, 1.165) is 19.3 Å². The maximum absolute atomic E-state index is 11.3. The number of imidazole rings is 1. The number of nitrogens with zero attached hydrogens (tertiary/aromatic N) is 4. The molecule has 6 nitrogen and oxygen atoms in total. The van der Waals surface area contributed by atoms with Crippen molar-refractivity contribution in [2.24, 2.45) is 0 Å². The molecule has 1 fully saturated rings. The molecule has 100 valence electrons. The largest absolute Gasteiger partial charge is 0.465 e. The zero-order chi connectivity index (χ0) is 13.4. The average molecular weight is 281 g/mol. The van der Waals surface area contributed by atoms with E-state index in [9.17, 15) is 9.90 Å². The van der Waals surface area contributed by atoms with Crippen LogP contribution in [0.2, 0.25) is 5.15 Å². The number of likely N-dealkylation sites (tertiary alicyclic amines) is 1. The molecule has 0 saturated carbocycles. The zero-order valence-corrected chi connectivity index (χ0v) is 10.9. The summed E-state index contributed by atoms with van der Waals surface area (Å²) in [4.78, 5) is 21.1. The Labute approximate surface area is 114 Å². The van der Waals surface area contributed by atoms with E-state index in [1.165, 1.54) is 4.90 Å². The van der Waals surface area contributed by atoms with E-state index in [-0.39, 0.29) is 6.04 Å². The van der Waals surface area contributed by atoms with Crippen LogP contribution in [0.25, 0.3) is 5.52 Å². The third kappa shape index (κ3) is 2.02. The summed E-state index contributed by atoms with van der Waals surface area (Å²) < 4.78 is 1.82. The number of aromatic nitrogens is 3. The van der Waals surface area contributed by atoms with E-state index in [0.29, 0.717) is 23.0 Å². The molecule has 19 heavy (non-hydrogen) atoms. The quantitative estimate of drug-likeness (QED) is 0.871. The monoisotopic (exact) mass is 280 g/mol. The number of hydrogen-bond donors (Lipinski definition) is 1. The first-order valence-electron chi connectivity index (χ1n) is 6.15. The maximum atomic E-state index is 11.3. The van der Waals surface area contributed by atoms with Gasteiger partial charge >= 0.3 is 6.09 Å². The summed E-state index contributed by atoms with van der Waals surface area (Å²) in [6.07, 6.45) is 6.77. The Morgan fingerprint density at radius 1 is 1.42 bits per heavy atom. The summed E-state index contributed by atoms with van der Waals surface area (Å²) in [6, 6.07) is -0.216. The first kappa shape index (κ1) is 12.2. The second kappa shape index (κ2) is 4.70. The average Bonchev–Trinajstić information content (AvgIpc) is 2.84. The lowest BCUT2D eigenvalue weighted by atomic mass is 10.0. The van der Waals surface area contributed by atoms with Crippen molar-refractivity contribution in [1.82, 2.24) is 19.3 Å². The normalized spacial score (nSPS) is 19.8. The second-order valence-corrected chi connectivity index (χ2v) is 4.94. The zero-order valence-electron chi connectivity index (χ0n) is 10.2. The molecule has 1 unspecified atom stereocenters. The Morgan fingerprint density at radius 3 is 3.05 bits per heavy atom. The molecule has 3 rings (SSSR count). The van der Waals surface area contributed by atoms with Gasteiger partial charge in [0.1, 0.15) is 11.3 Å². The van der Waals surface area contributed by atoms with Gasteiger partial charge in [-0.1, -0.05) is 11.6 Å². The van der Waals surface area contributed by atoms with Gasteiger partial charge in [-0.2, -0.15) is 0 Å². The minimum Gasteiger partial charge on any atom is -0.465 e. The van der Waals surface area contributed by atoms with Gasteiger partial charge in [-0.05, 0) is 19.3 Å². The first-order chi connectivity index (χ1) is 9.18. The predicted octanol–water partition coefficient (Wildman–Crippen LogP) is 2.59. The number of piperidine rings is 1. The summed E-state index contributed by atoms with van der Waals surface area (Å²) in [5.41, 5.74) is 0.704. The molecule has 1 atom stereocenters. The van der Waals surface area contributed by atoms with Crippen LogP contribution in [0.3, 0.4) is 0 Å². The fourth-order valence-electron chi connectivity index (χ4n) is 2.59. The summed E-state index contributed by atoms with van der Waals surface area (Å²) >= 11 is 6.01. The van der Waals surface area contributed by atoms with Gasteiger partial charge in [0.15, 0.2) is 5.15 Å². The molecule has 0 aromatic carbocycles.